The highest BCUT2D eigenvalue weighted by Gasteiger charge is 2.31. The van der Waals surface area contributed by atoms with Crippen LogP contribution in [0.15, 0.2) is 20.4 Å². The van der Waals surface area contributed by atoms with Crippen molar-refractivity contribution in [2.24, 2.45) is 0 Å². The number of hydrogen-bond acceptors (Lipinski definition) is 6. The summed E-state index contributed by atoms with van der Waals surface area (Å²) in [6.45, 7) is 1.39. The molecule has 1 aliphatic heterocycles. The van der Waals surface area contributed by atoms with Crippen molar-refractivity contribution in [2.45, 2.75) is 25.4 Å². The van der Waals surface area contributed by atoms with Gasteiger partial charge in [-0.3, -0.25) is 9.69 Å². The standard InChI is InChI=1S/C13H15BrN4O2S/c1-15-13(19)8-3-2-6-18(8)7-11-16-12(17-20-11)9-4-5-10(14)21-9/h4-5,8H,2-3,6-7H2,1H3,(H,15,19). The fourth-order valence-electron chi connectivity index (χ4n) is 2.51. The molecule has 1 aliphatic rings. The van der Waals surface area contributed by atoms with E-state index in [0.29, 0.717) is 18.3 Å². The average molecular weight is 371 g/mol. The monoisotopic (exact) mass is 370 g/mol. The number of nitrogens with zero attached hydrogens (tertiary/aromatic N) is 3. The lowest BCUT2D eigenvalue weighted by Crippen LogP contribution is -2.41. The maximum absolute atomic E-state index is 11.8. The van der Waals surface area contributed by atoms with Gasteiger partial charge in [-0.2, -0.15) is 4.98 Å². The quantitative estimate of drug-likeness (QED) is 0.893. The van der Waals surface area contributed by atoms with Gasteiger partial charge in [-0.05, 0) is 47.4 Å². The van der Waals surface area contributed by atoms with Gasteiger partial charge in [0.05, 0.1) is 21.3 Å². The molecule has 2 aromatic rings. The Balaban J connectivity index is 1.71. The molecule has 112 valence electrons. The number of rotatable bonds is 4. The van der Waals surface area contributed by atoms with E-state index in [4.69, 9.17) is 4.52 Å². The van der Waals surface area contributed by atoms with Crippen molar-refractivity contribution < 1.29 is 9.32 Å². The highest BCUT2D eigenvalue weighted by Crippen LogP contribution is 2.29. The smallest absolute Gasteiger partial charge is 0.241 e. The minimum atomic E-state index is -0.0961. The summed E-state index contributed by atoms with van der Waals surface area (Å²) in [5.41, 5.74) is 0. The second kappa shape index (κ2) is 6.25. The number of carbonyl (C=O) groups is 1. The number of thiophene rings is 1. The van der Waals surface area contributed by atoms with Crippen LogP contribution < -0.4 is 5.32 Å². The number of aromatic nitrogens is 2. The Morgan fingerprint density at radius 2 is 2.48 bits per heavy atom. The summed E-state index contributed by atoms with van der Waals surface area (Å²) in [7, 11) is 1.66. The van der Waals surface area contributed by atoms with Gasteiger partial charge in [-0.25, -0.2) is 0 Å². The van der Waals surface area contributed by atoms with Crippen LogP contribution in [0.1, 0.15) is 18.7 Å². The molecular weight excluding hydrogens is 356 g/mol. The van der Waals surface area contributed by atoms with Gasteiger partial charge in [0, 0.05) is 7.05 Å². The molecule has 3 rings (SSSR count). The molecule has 0 spiro atoms. The van der Waals surface area contributed by atoms with Crippen LogP contribution in [0.5, 0.6) is 0 Å². The molecule has 1 atom stereocenters. The summed E-state index contributed by atoms with van der Waals surface area (Å²) in [6, 6.07) is 3.81. The first kappa shape index (κ1) is 14.7. The van der Waals surface area contributed by atoms with E-state index in [1.165, 1.54) is 0 Å². The summed E-state index contributed by atoms with van der Waals surface area (Å²) in [5, 5.41) is 6.71. The Labute approximate surface area is 134 Å². The van der Waals surface area contributed by atoms with Crippen LogP contribution >= 0.6 is 27.3 Å². The van der Waals surface area contributed by atoms with Crippen LogP contribution in [0.25, 0.3) is 10.7 Å². The molecule has 1 saturated heterocycles. The van der Waals surface area contributed by atoms with Crippen molar-refractivity contribution in [1.82, 2.24) is 20.4 Å². The van der Waals surface area contributed by atoms with Gasteiger partial charge in [-0.1, -0.05) is 5.16 Å². The van der Waals surface area contributed by atoms with Crippen LogP contribution in [0.4, 0.5) is 0 Å². The highest BCUT2D eigenvalue weighted by atomic mass is 79.9. The normalized spacial score (nSPS) is 19.0. The third-order valence-electron chi connectivity index (χ3n) is 3.51. The Morgan fingerprint density at radius 1 is 1.62 bits per heavy atom. The highest BCUT2D eigenvalue weighted by molar-refractivity contribution is 9.11. The van der Waals surface area contributed by atoms with Crippen molar-refractivity contribution in [3.05, 3.63) is 21.8 Å². The van der Waals surface area contributed by atoms with E-state index in [0.717, 1.165) is 28.0 Å². The van der Waals surface area contributed by atoms with Crippen LogP contribution in [0.3, 0.4) is 0 Å². The fourth-order valence-corrected chi connectivity index (χ4v) is 3.82. The summed E-state index contributed by atoms with van der Waals surface area (Å²) >= 11 is 4.98. The fraction of sp³-hybridized carbons (Fsp3) is 0.462. The second-order valence-corrected chi connectivity index (χ2v) is 7.32. The molecule has 1 amide bonds. The zero-order valence-electron chi connectivity index (χ0n) is 11.5. The van der Waals surface area contributed by atoms with Crippen LogP contribution in [0.2, 0.25) is 0 Å². The lowest BCUT2D eigenvalue weighted by molar-refractivity contribution is -0.125. The average Bonchev–Trinajstić information content (AvgIpc) is 3.19. The first-order valence-corrected chi connectivity index (χ1v) is 8.32. The van der Waals surface area contributed by atoms with Crippen LogP contribution in [-0.2, 0) is 11.3 Å². The van der Waals surface area contributed by atoms with E-state index in [1.807, 2.05) is 12.1 Å². The topological polar surface area (TPSA) is 71.3 Å². The Hall–Kier alpha value is -1.25. The largest absolute Gasteiger partial charge is 0.358 e. The first-order chi connectivity index (χ1) is 10.2. The third kappa shape index (κ3) is 3.17. The van der Waals surface area contributed by atoms with Gasteiger partial charge >= 0.3 is 0 Å². The van der Waals surface area contributed by atoms with Crippen molar-refractivity contribution in [3.63, 3.8) is 0 Å². The maximum atomic E-state index is 11.8. The van der Waals surface area contributed by atoms with Crippen molar-refractivity contribution in [2.75, 3.05) is 13.6 Å². The third-order valence-corrected chi connectivity index (χ3v) is 5.13. The number of hydrogen-bond donors (Lipinski definition) is 1. The number of amides is 1. The molecule has 0 bridgehead atoms. The number of nitrogens with one attached hydrogen (secondary N) is 1. The predicted octanol–water partition coefficient (Wildman–Crippen LogP) is 2.27. The Kier molecular flexibility index (Phi) is 4.37. The van der Waals surface area contributed by atoms with Gasteiger partial charge in [-0.15, -0.1) is 11.3 Å². The number of likely N-dealkylation sites (N-methyl/N-ethyl adjacent to an activating group) is 1. The van der Waals surface area contributed by atoms with Crippen molar-refractivity contribution in [1.29, 1.82) is 0 Å². The molecule has 0 aliphatic carbocycles. The lowest BCUT2D eigenvalue weighted by Gasteiger charge is -2.20. The molecule has 0 aromatic carbocycles. The molecule has 1 fully saturated rings. The molecule has 8 heteroatoms. The SMILES string of the molecule is CNC(=O)C1CCCN1Cc1nc(-c2ccc(Br)s2)no1. The second-order valence-electron chi connectivity index (χ2n) is 4.86. The van der Waals surface area contributed by atoms with Gasteiger partial charge in [0.2, 0.25) is 17.6 Å². The predicted molar refractivity (Wildman–Crippen MR) is 82.8 cm³/mol. The van der Waals surface area contributed by atoms with E-state index in [9.17, 15) is 4.79 Å². The Bertz CT molecular complexity index is 642. The van der Waals surface area contributed by atoms with Crippen molar-refractivity contribution in [3.8, 4) is 10.7 Å². The van der Waals surface area contributed by atoms with E-state index in [-0.39, 0.29) is 11.9 Å². The van der Waals surface area contributed by atoms with E-state index in [2.05, 4.69) is 36.3 Å². The number of carbonyl (C=O) groups excluding carboxylic acids is 1. The zero-order valence-corrected chi connectivity index (χ0v) is 13.9. The van der Waals surface area contributed by atoms with Gasteiger partial charge in [0.25, 0.3) is 0 Å². The van der Waals surface area contributed by atoms with Gasteiger partial charge in [0.1, 0.15) is 0 Å². The molecule has 0 radical (unpaired) electrons. The molecule has 3 heterocycles. The van der Waals surface area contributed by atoms with E-state index in [1.54, 1.807) is 18.4 Å². The van der Waals surface area contributed by atoms with E-state index >= 15 is 0 Å². The van der Waals surface area contributed by atoms with Crippen LogP contribution in [0, 0.1) is 0 Å². The summed E-state index contributed by atoms with van der Waals surface area (Å²) in [4.78, 5) is 19.3. The number of halogens is 1. The minimum Gasteiger partial charge on any atom is -0.358 e. The molecular formula is C13H15BrN4O2S. The molecule has 6 nitrogen and oxygen atoms in total. The summed E-state index contributed by atoms with van der Waals surface area (Å²) in [5.74, 6) is 1.19. The molecule has 1 N–H and O–H groups in total. The Morgan fingerprint density at radius 3 is 3.19 bits per heavy atom. The minimum absolute atomic E-state index is 0.0504. The molecule has 0 saturated carbocycles. The lowest BCUT2D eigenvalue weighted by atomic mass is 10.2. The van der Waals surface area contributed by atoms with Gasteiger partial charge < -0.3 is 9.84 Å². The maximum Gasteiger partial charge on any atom is 0.241 e. The van der Waals surface area contributed by atoms with E-state index < -0.39 is 0 Å². The molecule has 21 heavy (non-hydrogen) atoms. The zero-order chi connectivity index (χ0) is 14.8. The molecule has 2 aromatic heterocycles. The summed E-state index contributed by atoms with van der Waals surface area (Å²) < 4.78 is 6.34. The summed E-state index contributed by atoms with van der Waals surface area (Å²) in [6.07, 6.45) is 1.88. The van der Waals surface area contributed by atoms with Crippen LogP contribution in [-0.4, -0.2) is 40.6 Å². The number of likely N-dealkylation sites (tertiary alicyclic amines) is 1. The molecule has 1 unspecified atom stereocenters. The first-order valence-electron chi connectivity index (χ1n) is 6.71. The van der Waals surface area contributed by atoms with Gasteiger partial charge in [0.15, 0.2) is 0 Å². The van der Waals surface area contributed by atoms with Crippen molar-refractivity contribution >= 4 is 33.2 Å².